The Morgan fingerprint density at radius 2 is 1.81 bits per heavy atom. The predicted molar refractivity (Wildman–Crippen MR) is 95.7 cm³/mol. The van der Waals surface area contributed by atoms with Crippen LogP contribution in [0, 0.1) is 0 Å². The van der Waals surface area contributed by atoms with Gasteiger partial charge >= 0.3 is 5.97 Å². The zero-order chi connectivity index (χ0) is 18.7. The summed E-state index contributed by atoms with van der Waals surface area (Å²) in [6.45, 7) is 2.26. The standard InChI is InChI=1S/C19H22N2O5/c1-4-26-18(23)7-8-21-17(22)10-13-6-5-12-9-15(24-2)16(25-3)11-14(12)19(13)20-21/h9-11H,4-8H2,1-3H3. The largest absolute Gasteiger partial charge is 0.493 e. The number of hydrogen-bond acceptors (Lipinski definition) is 6. The number of hydrogen-bond donors (Lipinski definition) is 0. The summed E-state index contributed by atoms with van der Waals surface area (Å²) in [7, 11) is 3.19. The minimum Gasteiger partial charge on any atom is -0.493 e. The summed E-state index contributed by atoms with van der Waals surface area (Å²) in [5, 5.41) is 4.52. The van der Waals surface area contributed by atoms with Crippen LogP contribution in [0.1, 0.15) is 24.5 Å². The van der Waals surface area contributed by atoms with Crippen molar-refractivity contribution in [2.24, 2.45) is 0 Å². The maximum absolute atomic E-state index is 12.3. The monoisotopic (exact) mass is 358 g/mol. The second-order valence-electron chi connectivity index (χ2n) is 6.00. The van der Waals surface area contributed by atoms with E-state index in [1.54, 1.807) is 27.2 Å². The first-order valence-corrected chi connectivity index (χ1v) is 8.59. The van der Waals surface area contributed by atoms with E-state index in [0.717, 1.165) is 35.2 Å². The topological polar surface area (TPSA) is 79.7 Å². The molecule has 0 atom stereocenters. The Morgan fingerprint density at radius 1 is 1.12 bits per heavy atom. The van der Waals surface area contributed by atoms with E-state index in [0.29, 0.717) is 18.1 Å². The highest BCUT2D eigenvalue weighted by Crippen LogP contribution is 2.39. The summed E-state index contributed by atoms with van der Waals surface area (Å²) in [5.74, 6) is 0.946. The molecule has 0 N–H and O–H groups in total. The van der Waals surface area contributed by atoms with E-state index in [4.69, 9.17) is 14.2 Å². The van der Waals surface area contributed by atoms with Crippen LogP contribution in [0.3, 0.4) is 0 Å². The number of fused-ring (bicyclic) bond motifs is 3. The van der Waals surface area contributed by atoms with Crippen molar-refractivity contribution >= 4 is 5.97 Å². The molecule has 1 aromatic carbocycles. The third-order valence-corrected chi connectivity index (χ3v) is 4.44. The van der Waals surface area contributed by atoms with E-state index >= 15 is 0 Å². The number of esters is 1. The van der Waals surface area contributed by atoms with Gasteiger partial charge in [-0.25, -0.2) is 4.68 Å². The van der Waals surface area contributed by atoms with Crippen molar-refractivity contribution in [3.63, 3.8) is 0 Å². The molecule has 1 aliphatic carbocycles. The number of ether oxygens (including phenoxy) is 3. The first kappa shape index (κ1) is 18.0. The van der Waals surface area contributed by atoms with Gasteiger partial charge in [0, 0.05) is 11.6 Å². The number of benzene rings is 1. The van der Waals surface area contributed by atoms with Crippen LogP contribution in [0.15, 0.2) is 23.0 Å². The lowest BCUT2D eigenvalue weighted by Gasteiger charge is -2.21. The summed E-state index contributed by atoms with van der Waals surface area (Å²) >= 11 is 0. The zero-order valence-electron chi connectivity index (χ0n) is 15.2. The normalized spacial score (nSPS) is 12.1. The summed E-state index contributed by atoms with van der Waals surface area (Å²) in [4.78, 5) is 23.9. The first-order valence-electron chi connectivity index (χ1n) is 8.59. The molecule has 1 aromatic heterocycles. The number of nitrogens with zero attached hydrogens (tertiary/aromatic N) is 2. The van der Waals surface area contributed by atoms with Crippen LogP contribution in [0.4, 0.5) is 0 Å². The number of carbonyl (C=O) groups is 1. The van der Waals surface area contributed by atoms with Crippen LogP contribution in [-0.4, -0.2) is 36.6 Å². The van der Waals surface area contributed by atoms with Gasteiger partial charge in [0.05, 0.1) is 39.5 Å². The van der Waals surface area contributed by atoms with Gasteiger partial charge in [0.2, 0.25) is 0 Å². The molecular formula is C19H22N2O5. The Hall–Kier alpha value is -2.83. The average molecular weight is 358 g/mol. The second-order valence-corrected chi connectivity index (χ2v) is 6.00. The summed E-state index contributed by atoms with van der Waals surface area (Å²) in [5.41, 5.74) is 3.46. The number of methoxy groups -OCH3 is 2. The number of carbonyl (C=O) groups excluding carboxylic acids is 1. The Kier molecular flexibility index (Phi) is 5.25. The molecule has 1 heterocycles. The summed E-state index contributed by atoms with van der Waals surface area (Å²) < 4.78 is 17.0. The molecule has 138 valence electrons. The second kappa shape index (κ2) is 7.59. The molecule has 3 rings (SSSR count). The van der Waals surface area contributed by atoms with Gasteiger partial charge in [0.15, 0.2) is 11.5 Å². The van der Waals surface area contributed by atoms with Gasteiger partial charge in [-0.05, 0) is 43.0 Å². The highest BCUT2D eigenvalue weighted by Gasteiger charge is 2.22. The van der Waals surface area contributed by atoms with E-state index in [1.165, 1.54) is 4.68 Å². The number of rotatable bonds is 6. The van der Waals surface area contributed by atoms with E-state index in [2.05, 4.69) is 5.10 Å². The minimum atomic E-state index is -0.342. The van der Waals surface area contributed by atoms with Crippen molar-refractivity contribution in [3.05, 3.63) is 39.7 Å². The molecule has 0 aliphatic heterocycles. The SMILES string of the molecule is CCOC(=O)CCn1nc2c(cc1=O)CCc1cc(OC)c(OC)cc1-2. The van der Waals surface area contributed by atoms with E-state index < -0.39 is 0 Å². The van der Waals surface area contributed by atoms with Crippen LogP contribution >= 0.6 is 0 Å². The maximum atomic E-state index is 12.3. The van der Waals surface area contributed by atoms with Crippen LogP contribution < -0.4 is 15.0 Å². The van der Waals surface area contributed by atoms with Crippen molar-refractivity contribution in [3.8, 4) is 22.8 Å². The van der Waals surface area contributed by atoms with E-state index in [-0.39, 0.29) is 24.5 Å². The van der Waals surface area contributed by atoms with E-state index in [9.17, 15) is 9.59 Å². The Morgan fingerprint density at radius 3 is 2.50 bits per heavy atom. The fourth-order valence-electron chi connectivity index (χ4n) is 3.15. The molecule has 1 aliphatic rings. The molecule has 0 spiro atoms. The molecule has 0 saturated carbocycles. The van der Waals surface area contributed by atoms with Gasteiger partial charge in [-0.2, -0.15) is 5.10 Å². The zero-order valence-corrected chi connectivity index (χ0v) is 15.2. The Bertz CT molecular complexity index is 888. The van der Waals surface area contributed by atoms with Crippen molar-refractivity contribution in [1.29, 1.82) is 0 Å². The van der Waals surface area contributed by atoms with Crippen LogP contribution in [0.5, 0.6) is 11.5 Å². The van der Waals surface area contributed by atoms with Crippen molar-refractivity contribution < 1.29 is 19.0 Å². The van der Waals surface area contributed by atoms with Crippen molar-refractivity contribution in [2.45, 2.75) is 32.7 Å². The lowest BCUT2D eigenvalue weighted by atomic mass is 9.89. The molecule has 0 radical (unpaired) electrons. The van der Waals surface area contributed by atoms with Gasteiger partial charge < -0.3 is 14.2 Å². The van der Waals surface area contributed by atoms with Crippen molar-refractivity contribution in [2.75, 3.05) is 20.8 Å². The molecular weight excluding hydrogens is 336 g/mol. The minimum absolute atomic E-state index is 0.109. The van der Waals surface area contributed by atoms with Crippen LogP contribution in [0.2, 0.25) is 0 Å². The highest BCUT2D eigenvalue weighted by atomic mass is 16.5. The lowest BCUT2D eigenvalue weighted by molar-refractivity contribution is -0.143. The molecule has 0 bridgehead atoms. The highest BCUT2D eigenvalue weighted by molar-refractivity contribution is 5.73. The number of aromatic nitrogens is 2. The third kappa shape index (κ3) is 3.42. The smallest absolute Gasteiger partial charge is 0.307 e. The van der Waals surface area contributed by atoms with Gasteiger partial charge in [-0.3, -0.25) is 9.59 Å². The van der Waals surface area contributed by atoms with Gasteiger partial charge in [0.25, 0.3) is 5.56 Å². The fourth-order valence-corrected chi connectivity index (χ4v) is 3.15. The molecule has 0 saturated heterocycles. The maximum Gasteiger partial charge on any atom is 0.307 e. The van der Waals surface area contributed by atoms with Crippen LogP contribution in [0.25, 0.3) is 11.3 Å². The number of aryl methyl sites for hydroxylation is 3. The molecule has 0 fully saturated rings. The Balaban J connectivity index is 1.99. The van der Waals surface area contributed by atoms with Gasteiger partial charge in [-0.15, -0.1) is 0 Å². The summed E-state index contributed by atoms with van der Waals surface area (Å²) in [6, 6.07) is 5.44. The van der Waals surface area contributed by atoms with Crippen molar-refractivity contribution in [1.82, 2.24) is 9.78 Å². The molecule has 26 heavy (non-hydrogen) atoms. The van der Waals surface area contributed by atoms with E-state index in [1.807, 2.05) is 12.1 Å². The van der Waals surface area contributed by atoms with Crippen LogP contribution in [-0.2, 0) is 28.9 Å². The van der Waals surface area contributed by atoms with Gasteiger partial charge in [0.1, 0.15) is 0 Å². The Labute approximate surface area is 151 Å². The van der Waals surface area contributed by atoms with Gasteiger partial charge in [-0.1, -0.05) is 0 Å². The molecule has 0 amide bonds. The molecule has 7 nitrogen and oxygen atoms in total. The molecule has 2 aromatic rings. The quantitative estimate of drug-likeness (QED) is 0.735. The first-order chi connectivity index (χ1) is 12.6. The average Bonchev–Trinajstić information content (AvgIpc) is 2.65. The summed E-state index contributed by atoms with van der Waals surface area (Å²) in [6.07, 6.45) is 1.65. The third-order valence-electron chi connectivity index (χ3n) is 4.44. The predicted octanol–water partition coefficient (Wildman–Crippen LogP) is 1.98. The molecule has 7 heteroatoms. The molecule has 0 unspecified atom stereocenters. The lowest BCUT2D eigenvalue weighted by Crippen LogP contribution is -2.26. The fraction of sp³-hybridized carbons (Fsp3) is 0.421.